The number of halogens is 1. The molecule has 0 fully saturated rings. The normalized spacial score (nSPS) is 10.7. The smallest absolute Gasteiger partial charge is 0.395 e. The van der Waals surface area contributed by atoms with Gasteiger partial charge in [-0.25, -0.2) is 4.98 Å². The van der Waals surface area contributed by atoms with Gasteiger partial charge in [-0.05, 0) is 18.2 Å². The number of hydrogen-bond donors (Lipinski definition) is 1. The number of furan rings is 1. The van der Waals surface area contributed by atoms with E-state index >= 15 is 0 Å². The molecule has 0 unspecified atom stereocenters. The summed E-state index contributed by atoms with van der Waals surface area (Å²) in [5, 5.41) is 13.6. The van der Waals surface area contributed by atoms with Crippen molar-refractivity contribution in [1.82, 2.24) is 4.98 Å². The molecule has 2 aromatic heterocycles. The number of aromatic nitrogens is 1. The maximum absolute atomic E-state index is 12.0. The lowest BCUT2D eigenvalue weighted by atomic mass is 10.3. The van der Waals surface area contributed by atoms with Crippen molar-refractivity contribution in [1.29, 1.82) is 0 Å². The standard InChI is InChI=1S/C12H6ClN3O4S/c13-6-1-2-7(11-10(6)14-5-21-11)15-12(17)8-3-4-9(20-8)16(18)19/h1-5H,(H,15,17). The van der Waals surface area contributed by atoms with Gasteiger partial charge in [0.1, 0.15) is 10.4 Å². The van der Waals surface area contributed by atoms with Gasteiger partial charge in [-0.15, -0.1) is 11.3 Å². The number of nitrogens with zero attached hydrogens (tertiary/aromatic N) is 2. The van der Waals surface area contributed by atoms with Crippen LogP contribution in [0.1, 0.15) is 10.6 Å². The summed E-state index contributed by atoms with van der Waals surface area (Å²) >= 11 is 7.33. The lowest BCUT2D eigenvalue weighted by molar-refractivity contribution is -0.402. The van der Waals surface area contributed by atoms with Crippen LogP contribution in [0.5, 0.6) is 0 Å². The van der Waals surface area contributed by atoms with Crippen LogP contribution in [0.3, 0.4) is 0 Å². The maximum atomic E-state index is 12.0. The van der Waals surface area contributed by atoms with E-state index in [1.807, 2.05) is 0 Å². The van der Waals surface area contributed by atoms with E-state index in [-0.39, 0.29) is 5.76 Å². The quantitative estimate of drug-likeness (QED) is 0.585. The first kappa shape index (κ1) is 13.5. The third-order valence-electron chi connectivity index (χ3n) is 2.68. The van der Waals surface area contributed by atoms with Crippen LogP contribution in [0.4, 0.5) is 11.6 Å². The molecule has 0 spiro atoms. The van der Waals surface area contributed by atoms with Gasteiger partial charge in [0, 0.05) is 0 Å². The van der Waals surface area contributed by atoms with E-state index in [4.69, 9.17) is 16.0 Å². The lowest BCUT2D eigenvalue weighted by Crippen LogP contribution is -2.10. The molecule has 0 saturated carbocycles. The third-order valence-corrected chi connectivity index (χ3v) is 3.84. The van der Waals surface area contributed by atoms with Crippen LogP contribution < -0.4 is 5.32 Å². The second kappa shape index (κ2) is 5.15. The zero-order chi connectivity index (χ0) is 15.0. The summed E-state index contributed by atoms with van der Waals surface area (Å²) in [4.78, 5) is 26.0. The molecule has 0 saturated heterocycles. The van der Waals surface area contributed by atoms with Crippen LogP contribution in [0.15, 0.2) is 34.2 Å². The summed E-state index contributed by atoms with van der Waals surface area (Å²) in [6.07, 6.45) is 0. The Morgan fingerprint density at radius 3 is 2.90 bits per heavy atom. The number of rotatable bonds is 3. The van der Waals surface area contributed by atoms with Gasteiger partial charge in [0.2, 0.25) is 0 Å². The molecular formula is C12H6ClN3O4S. The Morgan fingerprint density at radius 2 is 2.19 bits per heavy atom. The van der Waals surface area contributed by atoms with Crippen LogP contribution in [0.25, 0.3) is 10.2 Å². The van der Waals surface area contributed by atoms with Gasteiger partial charge in [0.05, 0.1) is 27.0 Å². The first-order chi connectivity index (χ1) is 10.1. The van der Waals surface area contributed by atoms with Gasteiger partial charge < -0.3 is 9.73 Å². The summed E-state index contributed by atoms with van der Waals surface area (Å²) in [6.45, 7) is 0. The van der Waals surface area contributed by atoms with Crippen molar-refractivity contribution < 1.29 is 14.1 Å². The molecule has 7 nitrogen and oxygen atoms in total. The van der Waals surface area contributed by atoms with Crippen molar-refractivity contribution in [3.63, 3.8) is 0 Å². The van der Waals surface area contributed by atoms with Crippen LogP contribution in [-0.2, 0) is 0 Å². The molecule has 0 radical (unpaired) electrons. The number of carbonyl (C=O) groups excluding carboxylic acids is 1. The van der Waals surface area contributed by atoms with Crippen LogP contribution in [-0.4, -0.2) is 15.8 Å². The molecule has 3 rings (SSSR count). The summed E-state index contributed by atoms with van der Waals surface area (Å²) in [5.41, 5.74) is 2.72. The van der Waals surface area contributed by atoms with E-state index < -0.39 is 16.7 Å². The predicted octanol–water partition coefficient (Wildman–Crippen LogP) is 3.70. The highest BCUT2D eigenvalue weighted by atomic mass is 35.5. The molecule has 2 heterocycles. The fourth-order valence-corrected chi connectivity index (χ4v) is 2.79. The van der Waals surface area contributed by atoms with E-state index in [1.54, 1.807) is 17.6 Å². The van der Waals surface area contributed by atoms with E-state index in [0.29, 0.717) is 16.2 Å². The van der Waals surface area contributed by atoms with Crippen molar-refractivity contribution in [2.75, 3.05) is 5.32 Å². The average molecular weight is 324 g/mol. The van der Waals surface area contributed by atoms with E-state index in [9.17, 15) is 14.9 Å². The number of fused-ring (bicyclic) bond motifs is 1. The fraction of sp³-hybridized carbons (Fsp3) is 0. The number of hydrogen-bond acceptors (Lipinski definition) is 6. The van der Waals surface area contributed by atoms with Crippen LogP contribution in [0.2, 0.25) is 5.02 Å². The van der Waals surface area contributed by atoms with Gasteiger partial charge in [-0.3, -0.25) is 14.9 Å². The Kier molecular flexibility index (Phi) is 3.32. The molecule has 9 heteroatoms. The Hall–Kier alpha value is -2.45. The summed E-state index contributed by atoms with van der Waals surface area (Å²) in [6, 6.07) is 5.62. The molecular weight excluding hydrogens is 318 g/mol. The lowest BCUT2D eigenvalue weighted by Gasteiger charge is -2.04. The number of amides is 1. The molecule has 21 heavy (non-hydrogen) atoms. The molecule has 0 aliphatic carbocycles. The number of nitro groups is 1. The first-order valence-corrected chi connectivity index (χ1v) is 6.89. The molecule has 0 bridgehead atoms. The second-order valence-electron chi connectivity index (χ2n) is 3.97. The van der Waals surface area contributed by atoms with Gasteiger partial charge >= 0.3 is 5.88 Å². The number of anilines is 1. The first-order valence-electron chi connectivity index (χ1n) is 5.63. The largest absolute Gasteiger partial charge is 0.433 e. The van der Waals surface area contributed by atoms with Gasteiger partial charge in [-0.2, -0.15) is 0 Å². The van der Waals surface area contributed by atoms with Gasteiger partial charge in [-0.1, -0.05) is 11.6 Å². The molecule has 3 aromatic rings. The van der Waals surface area contributed by atoms with E-state index in [1.165, 1.54) is 17.4 Å². The summed E-state index contributed by atoms with van der Waals surface area (Å²) < 4.78 is 5.57. The number of carbonyl (C=O) groups is 1. The number of benzene rings is 1. The zero-order valence-electron chi connectivity index (χ0n) is 10.2. The predicted molar refractivity (Wildman–Crippen MR) is 77.9 cm³/mol. The molecule has 0 aliphatic heterocycles. The minimum Gasteiger partial charge on any atom is -0.395 e. The molecule has 1 amide bonds. The summed E-state index contributed by atoms with van der Waals surface area (Å²) in [7, 11) is 0. The second-order valence-corrected chi connectivity index (χ2v) is 5.24. The third kappa shape index (κ3) is 2.46. The SMILES string of the molecule is O=C(Nc1ccc(Cl)c2ncsc12)c1ccc([N+](=O)[O-])o1. The summed E-state index contributed by atoms with van der Waals surface area (Å²) in [5.74, 6) is -1.21. The monoisotopic (exact) mass is 323 g/mol. The number of nitrogens with one attached hydrogen (secondary N) is 1. The van der Waals surface area contributed by atoms with Crippen molar-refractivity contribution in [2.24, 2.45) is 0 Å². The molecule has 1 aromatic carbocycles. The highest BCUT2D eigenvalue weighted by Crippen LogP contribution is 2.32. The van der Waals surface area contributed by atoms with Gasteiger partial charge in [0.15, 0.2) is 5.76 Å². The van der Waals surface area contributed by atoms with E-state index in [0.717, 1.165) is 10.8 Å². The Balaban J connectivity index is 1.91. The average Bonchev–Trinajstić information content (AvgIpc) is 3.09. The van der Waals surface area contributed by atoms with E-state index in [2.05, 4.69) is 10.3 Å². The highest BCUT2D eigenvalue weighted by molar-refractivity contribution is 7.17. The molecule has 1 N–H and O–H groups in total. The minimum absolute atomic E-state index is 0.144. The van der Waals surface area contributed by atoms with Crippen molar-refractivity contribution in [3.05, 3.63) is 50.7 Å². The molecule has 0 aliphatic rings. The Morgan fingerprint density at radius 1 is 1.38 bits per heavy atom. The fourth-order valence-electron chi connectivity index (χ4n) is 1.75. The zero-order valence-corrected chi connectivity index (χ0v) is 11.8. The maximum Gasteiger partial charge on any atom is 0.433 e. The topological polar surface area (TPSA) is 98.3 Å². The van der Waals surface area contributed by atoms with Crippen molar-refractivity contribution in [2.45, 2.75) is 0 Å². The van der Waals surface area contributed by atoms with Crippen molar-refractivity contribution >= 4 is 50.6 Å². The van der Waals surface area contributed by atoms with Crippen LogP contribution in [0, 0.1) is 10.1 Å². The highest BCUT2D eigenvalue weighted by Gasteiger charge is 2.18. The Bertz CT molecular complexity index is 857. The number of thiazole rings is 1. The molecule has 106 valence electrons. The minimum atomic E-state index is -0.708. The van der Waals surface area contributed by atoms with Gasteiger partial charge in [0.25, 0.3) is 5.91 Å². The molecule has 0 atom stereocenters. The van der Waals surface area contributed by atoms with Crippen molar-refractivity contribution in [3.8, 4) is 0 Å². The Labute approximate surface area is 126 Å². The van der Waals surface area contributed by atoms with Crippen LogP contribution >= 0.6 is 22.9 Å².